The molecule has 1 saturated heterocycles. The number of rotatable bonds is 16. The average Bonchev–Trinajstić information content (AvgIpc) is 3.74. The smallest absolute Gasteiger partial charge is 0.254 e. The second-order valence-corrected chi connectivity index (χ2v) is 11.6. The van der Waals surface area contributed by atoms with Crippen LogP contribution in [0.4, 0.5) is 0 Å². The fourth-order valence-corrected chi connectivity index (χ4v) is 5.68. The minimum Gasteiger partial charge on any atom is -0.496 e. The topological polar surface area (TPSA) is 89.6 Å². The second kappa shape index (κ2) is 15.3. The molecule has 2 unspecified atom stereocenters. The molecule has 4 rings (SSSR count). The maximum atomic E-state index is 13.8. The molecule has 1 heterocycles. The van der Waals surface area contributed by atoms with Gasteiger partial charge in [0, 0.05) is 69.5 Å². The van der Waals surface area contributed by atoms with Crippen LogP contribution < -0.4 is 19.5 Å². The standard InChI is InChI=1S/C33H47N3O6/c1-23(2)35(33(38)25-11-14-30(41-5)31(17-25)42-16-8-15-39-3)21-26-19-34-20-27(26)22-36(28-12-13-28)32(37)18-24-9-6-7-10-29(24)40-4/h6-7,9-11,14,17,23,26-28,34H,8,12-13,15-16,18-22H2,1-5H3. The molecule has 1 N–H and O–H groups in total. The van der Waals surface area contributed by atoms with Gasteiger partial charge in [-0.1, -0.05) is 18.2 Å². The molecule has 2 fully saturated rings. The van der Waals surface area contributed by atoms with Crippen LogP contribution in [0.15, 0.2) is 42.5 Å². The summed E-state index contributed by atoms with van der Waals surface area (Å²) in [6.07, 6.45) is 3.17. The van der Waals surface area contributed by atoms with Crippen LogP contribution in [0.2, 0.25) is 0 Å². The lowest BCUT2D eigenvalue weighted by Crippen LogP contribution is -2.45. The van der Waals surface area contributed by atoms with Gasteiger partial charge in [-0.3, -0.25) is 9.59 Å². The van der Waals surface area contributed by atoms with Gasteiger partial charge in [-0.05, 0) is 62.8 Å². The number of carbonyl (C=O) groups is 2. The molecule has 2 aromatic carbocycles. The van der Waals surface area contributed by atoms with E-state index in [-0.39, 0.29) is 29.7 Å². The summed E-state index contributed by atoms with van der Waals surface area (Å²) >= 11 is 0. The molecule has 0 aromatic heterocycles. The van der Waals surface area contributed by atoms with E-state index in [1.54, 1.807) is 39.5 Å². The molecule has 42 heavy (non-hydrogen) atoms. The first kappa shape index (κ1) is 31.6. The van der Waals surface area contributed by atoms with Gasteiger partial charge in [-0.2, -0.15) is 0 Å². The van der Waals surface area contributed by atoms with Gasteiger partial charge in [0.15, 0.2) is 11.5 Å². The molecule has 1 saturated carbocycles. The van der Waals surface area contributed by atoms with Crippen LogP contribution >= 0.6 is 0 Å². The lowest BCUT2D eigenvalue weighted by Gasteiger charge is -2.34. The van der Waals surface area contributed by atoms with Crippen molar-refractivity contribution >= 4 is 11.8 Å². The normalized spacial score (nSPS) is 18.1. The Labute approximate surface area is 250 Å². The van der Waals surface area contributed by atoms with Crippen molar-refractivity contribution in [2.24, 2.45) is 11.8 Å². The maximum absolute atomic E-state index is 13.8. The van der Waals surface area contributed by atoms with E-state index < -0.39 is 0 Å². The van der Waals surface area contributed by atoms with E-state index in [0.717, 1.165) is 43.7 Å². The van der Waals surface area contributed by atoms with E-state index in [2.05, 4.69) is 10.2 Å². The van der Waals surface area contributed by atoms with Crippen molar-refractivity contribution < 1.29 is 28.5 Å². The van der Waals surface area contributed by atoms with E-state index >= 15 is 0 Å². The molecule has 9 nitrogen and oxygen atoms in total. The Bertz CT molecular complexity index is 1180. The molecule has 0 spiro atoms. The van der Waals surface area contributed by atoms with Gasteiger partial charge in [0.2, 0.25) is 5.91 Å². The predicted molar refractivity (Wildman–Crippen MR) is 162 cm³/mol. The van der Waals surface area contributed by atoms with Crippen molar-refractivity contribution in [3.63, 3.8) is 0 Å². The van der Waals surface area contributed by atoms with E-state index in [0.29, 0.717) is 55.8 Å². The van der Waals surface area contributed by atoms with Crippen molar-refractivity contribution in [3.05, 3.63) is 53.6 Å². The molecule has 2 aliphatic rings. The quantitative estimate of drug-likeness (QED) is 0.299. The number of nitrogens with zero attached hydrogens (tertiary/aromatic N) is 2. The third-order valence-corrected chi connectivity index (χ3v) is 8.23. The first-order chi connectivity index (χ1) is 20.4. The zero-order chi connectivity index (χ0) is 30.1. The molecule has 1 aliphatic heterocycles. The first-order valence-electron chi connectivity index (χ1n) is 15.1. The summed E-state index contributed by atoms with van der Waals surface area (Å²) < 4.78 is 22.0. The Morgan fingerprint density at radius 1 is 0.905 bits per heavy atom. The van der Waals surface area contributed by atoms with Crippen LogP contribution in [-0.4, -0.2) is 94.4 Å². The van der Waals surface area contributed by atoms with Crippen molar-refractivity contribution in [1.29, 1.82) is 0 Å². The Kier molecular flexibility index (Phi) is 11.5. The number of para-hydroxylation sites is 1. The number of ether oxygens (including phenoxy) is 4. The van der Waals surface area contributed by atoms with Crippen molar-refractivity contribution in [2.45, 2.75) is 51.6 Å². The van der Waals surface area contributed by atoms with Crippen LogP contribution in [0.5, 0.6) is 17.2 Å². The van der Waals surface area contributed by atoms with Gasteiger partial charge in [-0.15, -0.1) is 0 Å². The zero-order valence-electron chi connectivity index (χ0n) is 25.8. The molecule has 2 atom stereocenters. The molecule has 2 aromatic rings. The molecular formula is C33H47N3O6. The molecule has 0 bridgehead atoms. The highest BCUT2D eigenvalue weighted by molar-refractivity contribution is 5.95. The van der Waals surface area contributed by atoms with Crippen LogP contribution in [0.25, 0.3) is 0 Å². The van der Waals surface area contributed by atoms with E-state index in [1.165, 1.54) is 0 Å². The summed E-state index contributed by atoms with van der Waals surface area (Å²) in [6, 6.07) is 13.4. The summed E-state index contributed by atoms with van der Waals surface area (Å²) in [5.74, 6) is 2.49. The highest BCUT2D eigenvalue weighted by atomic mass is 16.5. The molecule has 2 amide bonds. The number of methoxy groups -OCH3 is 3. The molecule has 9 heteroatoms. The van der Waals surface area contributed by atoms with E-state index in [1.807, 2.05) is 43.0 Å². The van der Waals surface area contributed by atoms with Crippen molar-refractivity contribution in [1.82, 2.24) is 15.1 Å². The highest BCUT2D eigenvalue weighted by Crippen LogP contribution is 2.32. The fourth-order valence-electron chi connectivity index (χ4n) is 5.68. The number of hydrogen-bond donors (Lipinski definition) is 1. The van der Waals surface area contributed by atoms with Crippen molar-refractivity contribution in [3.8, 4) is 17.2 Å². The molecule has 0 radical (unpaired) electrons. The largest absolute Gasteiger partial charge is 0.496 e. The molecular weight excluding hydrogens is 534 g/mol. The molecule has 230 valence electrons. The van der Waals surface area contributed by atoms with Gasteiger partial charge in [0.05, 0.1) is 27.2 Å². The number of amides is 2. The number of carbonyl (C=O) groups excluding carboxylic acids is 2. The monoisotopic (exact) mass is 581 g/mol. The van der Waals surface area contributed by atoms with Crippen LogP contribution in [0.1, 0.15) is 49.0 Å². The van der Waals surface area contributed by atoms with Crippen LogP contribution in [0.3, 0.4) is 0 Å². The Morgan fingerprint density at radius 2 is 1.62 bits per heavy atom. The Hall–Kier alpha value is -3.30. The summed E-state index contributed by atoms with van der Waals surface area (Å²) in [5, 5.41) is 3.53. The summed E-state index contributed by atoms with van der Waals surface area (Å²) in [6.45, 7) is 8.13. The van der Waals surface area contributed by atoms with Crippen LogP contribution in [0, 0.1) is 11.8 Å². The van der Waals surface area contributed by atoms with Gasteiger partial charge < -0.3 is 34.1 Å². The zero-order valence-corrected chi connectivity index (χ0v) is 25.8. The minimum atomic E-state index is -0.0358. The average molecular weight is 582 g/mol. The highest BCUT2D eigenvalue weighted by Gasteiger charge is 2.38. The maximum Gasteiger partial charge on any atom is 0.254 e. The third kappa shape index (κ3) is 8.16. The lowest BCUT2D eigenvalue weighted by molar-refractivity contribution is -0.131. The minimum absolute atomic E-state index is 0.0126. The summed E-state index contributed by atoms with van der Waals surface area (Å²) in [7, 11) is 4.90. The SMILES string of the molecule is COCCCOc1cc(C(=O)N(CC2CNCC2CN(C(=O)Cc2ccccc2OC)C2CC2)C(C)C)ccc1OC. The predicted octanol–water partition coefficient (Wildman–Crippen LogP) is 4.04. The van der Waals surface area contributed by atoms with Gasteiger partial charge in [0.1, 0.15) is 5.75 Å². The third-order valence-electron chi connectivity index (χ3n) is 8.23. The van der Waals surface area contributed by atoms with Crippen LogP contribution in [-0.2, 0) is 16.0 Å². The molecule has 1 aliphatic carbocycles. The van der Waals surface area contributed by atoms with Gasteiger partial charge in [-0.25, -0.2) is 0 Å². The first-order valence-corrected chi connectivity index (χ1v) is 15.1. The fraction of sp³-hybridized carbons (Fsp3) is 0.576. The number of hydrogen-bond acceptors (Lipinski definition) is 7. The number of benzene rings is 2. The Morgan fingerprint density at radius 3 is 2.29 bits per heavy atom. The van der Waals surface area contributed by atoms with Gasteiger partial charge in [0.25, 0.3) is 5.91 Å². The second-order valence-electron chi connectivity index (χ2n) is 11.6. The number of nitrogens with one attached hydrogen (secondary N) is 1. The lowest BCUT2D eigenvalue weighted by atomic mass is 9.93. The van der Waals surface area contributed by atoms with Gasteiger partial charge >= 0.3 is 0 Å². The van der Waals surface area contributed by atoms with E-state index in [4.69, 9.17) is 18.9 Å². The Balaban J connectivity index is 1.44. The summed E-state index contributed by atoms with van der Waals surface area (Å²) in [5.41, 5.74) is 1.48. The van der Waals surface area contributed by atoms with Crippen molar-refractivity contribution in [2.75, 3.05) is 60.7 Å². The van der Waals surface area contributed by atoms with E-state index in [9.17, 15) is 9.59 Å². The summed E-state index contributed by atoms with van der Waals surface area (Å²) in [4.78, 5) is 31.4.